The van der Waals surface area contributed by atoms with Crippen molar-refractivity contribution in [1.29, 1.82) is 0 Å². The predicted octanol–water partition coefficient (Wildman–Crippen LogP) is 1.68. The Labute approximate surface area is 96.5 Å². The zero-order valence-corrected chi connectivity index (χ0v) is 9.68. The van der Waals surface area contributed by atoms with Gasteiger partial charge in [0.15, 0.2) is 28.8 Å². The minimum atomic E-state index is 0.240. The number of rotatable bonds is 3. The van der Waals surface area contributed by atoms with Crippen LogP contribution in [0.15, 0.2) is 18.3 Å². The van der Waals surface area contributed by atoms with E-state index in [1.165, 1.54) is 0 Å². The molecule has 2 N–H and O–H groups in total. The van der Waals surface area contributed by atoms with Gasteiger partial charge in [0.1, 0.15) is 6.10 Å². The molecule has 0 atom stereocenters. The number of pyridine rings is 1. The van der Waals surface area contributed by atoms with E-state index in [4.69, 9.17) is 13.5 Å². The largest absolute Gasteiger partial charge is 0.474 e. The third kappa shape index (κ3) is 2.27. The molecule has 1 saturated carbocycles. The molecule has 1 fully saturated rings. The van der Waals surface area contributed by atoms with Crippen molar-refractivity contribution in [3.8, 4) is 11.6 Å². The highest BCUT2D eigenvalue weighted by Crippen LogP contribution is 2.24. The lowest BCUT2D eigenvalue weighted by Gasteiger charge is -2.31. The molecule has 2 rings (SSSR count). The molecule has 0 aromatic carbocycles. The molecular weight excluding hydrogens is 295 g/mol. The fraction of sp³-hybridized carbons (Fsp3) is 0.444. The summed E-state index contributed by atoms with van der Waals surface area (Å²) in [5, 5.41) is 0. The fourth-order valence-electron chi connectivity index (χ4n) is 1.36. The normalized spacial score (nSPS) is 25.3. The van der Waals surface area contributed by atoms with Gasteiger partial charge in [-0.05, 0) is 18.9 Å². The zero-order chi connectivity index (χ0) is 9.97. The lowest BCUT2D eigenvalue weighted by molar-refractivity contribution is 0.0958. The summed E-state index contributed by atoms with van der Waals surface area (Å²) in [7, 11) is 0. The minimum Gasteiger partial charge on any atom is -0.474 e. The SMILES string of the molecule is NC1CC(Oc2ccc(OI)cn2)C1. The summed E-state index contributed by atoms with van der Waals surface area (Å²) < 4.78 is 10.5. The van der Waals surface area contributed by atoms with Crippen LogP contribution in [0.2, 0.25) is 0 Å². The predicted molar refractivity (Wildman–Crippen MR) is 60.5 cm³/mol. The molecule has 5 heteroatoms. The van der Waals surface area contributed by atoms with Crippen molar-refractivity contribution in [2.75, 3.05) is 0 Å². The van der Waals surface area contributed by atoms with Crippen LogP contribution in [0.5, 0.6) is 11.6 Å². The van der Waals surface area contributed by atoms with Crippen LogP contribution in [0.1, 0.15) is 12.8 Å². The maximum absolute atomic E-state index is 5.65. The van der Waals surface area contributed by atoms with Crippen LogP contribution in [0, 0.1) is 0 Å². The Hall–Kier alpha value is -0.560. The summed E-state index contributed by atoms with van der Waals surface area (Å²) in [6.45, 7) is 0. The molecule has 0 bridgehead atoms. The molecule has 1 aromatic rings. The third-order valence-corrected chi connectivity index (χ3v) is 2.73. The van der Waals surface area contributed by atoms with Gasteiger partial charge in [-0.3, -0.25) is 0 Å². The van der Waals surface area contributed by atoms with Gasteiger partial charge < -0.3 is 13.5 Å². The topological polar surface area (TPSA) is 57.4 Å². The first-order valence-corrected chi connectivity index (χ1v) is 5.33. The van der Waals surface area contributed by atoms with Crippen molar-refractivity contribution >= 4 is 23.0 Å². The Kier molecular flexibility index (Phi) is 3.07. The second-order valence-corrected chi connectivity index (χ2v) is 3.82. The maximum atomic E-state index is 5.65. The molecule has 1 aromatic heterocycles. The molecular formula is C9H11IN2O2. The van der Waals surface area contributed by atoms with Crippen molar-refractivity contribution in [2.24, 2.45) is 5.73 Å². The summed E-state index contributed by atoms with van der Waals surface area (Å²) in [4.78, 5) is 4.10. The van der Waals surface area contributed by atoms with Crippen LogP contribution in [-0.4, -0.2) is 17.1 Å². The molecule has 76 valence electrons. The van der Waals surface area contributed by atoms with Gasteiger partial charge in [0.05, 0.1) is 6.20 Å². The smallest absolute Gasteiger partial charge is 0.213 e. The van der Waals surface area contributed by atoms with Crippen molar-refractivity contribution in [3.63, 3.8) is 0 Å². The molecule has 1 heterocycles. The Balaban J connectivity index is 1.90. The lowest BCUT2D eigenvalue weighted by Crippen LogP contribution is -2.43. The molecule has 14 heavy (non-hydrogen) atoms. The van der Waals surface area contributed by atoms with Gasteiger partial charge in [0, 0.05) is 12.1 Å². The number of nitrogens with two attached hydrogens (primary N) is 1. The van der Waals surface area contributed by atoms with Gasteiger partial charge in [0.25, 0.3) is 0 Å². The van der Waals surface area contributed by atoms with Gasteiger partial charge in [-0.1, -0.05) is 0 Å². The molecule has 0 amide bonds. The Morgan fingerprint density at radius 1 is 1.43 bits per heavy atom. The second kappa shape index (κ2) is 4.31. The van der Waals surface area contributed by atoms with Crippen molar-refractivity contribution in [3.05, 3.63) is 18.3 Å². The van der Waals surface area contributed by atoms with E-state index in [0.717, 1.165) is 18.6 Å². The number of aromatic nitrogens is 1. The van der Waals surface area contributed by atoms with Crippen LogP contribution in [0.25, 0.3) is 0 Å². The standard InChI is InChI=1S/C9H11IN2O2/c10-14-7-1-2-9(12-5-7)13-8-3-6(11)4-8/h1-2,5-6,8H,3-4,11H2. The lowest BCUT2D eigenvalue weighted by atomic mass is 9.90. The van der Waals surface area contributed by atoms with E-state index in [0.29, 0.717) is 11.9 Å². The van der Waals surface area contributed by atoms with Gasteiger partial charge in [-0.25, -0.2) is 4.98 Å². The van der Waals surface area contributed by atoms with E-state index >= 15 is 0 Å². The van der Waals surface area contributed by atoms with Gasteiger partial charge in [-0.15, -0.1) is 0 Å². The highest BCUT2D eigenvalue weighted by molar-refractivity contribution is 14.1. The zero-order valence-electron chi connectivity index (χ0n) is 7.52. The number of hydrogen-bond donors (Lipinski definition) is 1. The second-order valence-electron chi connectivity index (χ2n) is 3.38. The van der Waals surface area contributed by atoms with E-state index in [-0.39, 0.29) is 6.10 Å². The highest BCUT2D eigenvalue weighted by Gasteiger charge is 2.27. The summed E-state index contributed by atoms with van der Waals surface area (Å²) in [5.74, 6) is 1.36. The van der Waals surface area contributed by atoms with Crippen molar-refractivity contribution in [1.82, 2.24) is 4.98 Å². The van der Waals surface area contributed by atoms with E-state index in [1.807, 2.05) is 29.1 Å². The highest BCUT2D eigenvalue weighted by atomic mass is 127. The summed E-state index contributed by atoms with van der Waals surface area (Å²) in [5.41, 5.74) is 5.65. The molecule has 1 aliphatic rings. The summed E-state index contributed by atoms with van der Waals surface area (Å²) in [6.07, 6.45) is 3.72. The first kappa shape index (κ1) is 9.97. The van der Waals surface area contributed by atoms with Crippen molar-refractivity contribution < 1.29 is 7.80 Å². The fourth-order valence-corrected chi connectivity index (χ4v) is 1.62. The van der Waals surface area contributed by atoms with Crippen LogP contribution in [0.4, 0.5) is 0 Å². The van der Waals surface area contributed by atoms with E-state index in [1.54, 1.807) is 12.3 Å². The maximum Gasteiger partial charge on any atom is 0.213 e. The van der Waals surface area contributed by atoms with Gasteiger partial charge in [-0.2, -0.15) is 0 Å². The molecule has 0 saturated heterocycles. The summed E-state index contributed by atoms with van der Waals surface area (Å²) in [6, 6.07) is 3.93. The minimum absolute atomic E-state index is 0.240. The van der Waals surface area contributed by atoms with E-state index < -0.39 is 0 Å². The number of hydrogen-bond acceptors (Lipinski definition) is 4. The Morgan fingerprint density at radius 3 is 2.71 bits per heavy atom. The van der Waals surface area contributed by atoms with Crippen LogP contribution in [-0.2, 0) is 0 Å². The van der Waals surface area contributed by atoms with Crippen LogP contribution >= 0.6 is 23.0 Å². The van der Waals surface area contributed by atoms with Gasteiger partial charge >= 0.3 is 0 Å². The Bertz CT molecular complexity index is 298. The third-order valence-electron chi connectivity index (χ3n) is 2.22. The quantitative estimate of drug-likeness (QED) is 0.863. The number of nitrogens with zero attached hydrogens (tertiary/aromatic N) is 1. The van der Waals surface area contributed by atoms with Gasteiger partial charge in [0.2, 0.25) is 5.88 Å². The Morgan fingerprint density at radius 2 is 2.21 bits per heavy atom. The molecule has 4 nitrogen and oxygen atoms in total. The monoisotopic (exact) mass is 306 g/mol. The molecule has 1 aliphatic carbocycles. The van der Waals surface area contributed by atoms with E-state index in [9.17, 15) is 0 Å². The number of halogens is 1. The number of ether oxygens (including phenoxy) is 1. The van der Waals surface area contributed by atoms with Crippen molar-refractivity contribution in [2.45, 2.75) is 25.0 Å². The average Bonchev–Trinajstić information content (AvgIpc) is 2.17. The van der Waals surface area contributed by atoms with Crippen LogP contribution < -0.4 is 13.5 Å². The average molecular weight is 306 g/mol. The first-order valence-electron chi connectivity index (χ1n) is 4.45. The van der Waals surface area contributed by atoms with E-state index in [2.05, 4.69) is 4.98 Å². The van der Waals surface area contributed by atoms with Crippen LogP contribution in [0.3, 0.4) is 0 Å². The molecule has 0 spiro atoms. The molecule has 0 aliphatic heterocycles. The summed E-state index contributed by atoms with van der Waals surface area (Å²) >= 11 is 1.81. The molecule has 0 unspecified atom stereocenters. The molecule has 0 radical (unpaired) electrons. The first-order chi connectivity index (χ1) is 6.78.